The fraction of sp³-hybridized carbons (Fsp3) is 0.316. The Morgan fingerprint density at radius 2 is 1.76 bits per heavy atom. The number of nitrogens with one attached hydrogen (secondary N) is 2. The highest BCUT2D eigenvalue weighted by atomic mass is 16.7. The van der Waals surface area contributed by atoms with Gasteiger partial charge < -0.3 is 25.0 Å². The zero-order chi connectivity index (χ0) is 17.6. The molecule has 3 rings (SSSR count). The number of anilines is 2. The molecule has 6 nitrogen and oxygen atoms in total. The third-order valence-electron chi connectivity index (χ3n) is 3.89. The van der Waals surface area contributed by atoms with E-state index in [4.69, 9.17) is 9.47 Å². The number of hydrogen-bond donors (Lipinski definition) is 2. The molecule has 2 aromatic carbocycles. The van der Waals surface area contributed by atoms with Crippen LogP contribution in [0.25, 0.3) is 0 Å². The van der Waals surface area contributed by atoms with E-state index in [1.165, 1.54) is 0 Å². The van der Waals surface area contributed by atoms with E-state index in [1.807, 2.05) is 24.3 Å². The van der Waals surface area contributed by atoms with Crippen molar-refractivity contribution in [3.63, 3.8) is 0 Å². The summed E-state index contributed by atoms with van der Waals surface area (Å²) in [5.74, 6) is 1.09. The highest BCUT2D eigenvalue weighted by Crippen LogP contribution is 2.32. The first-order chi connectivity index (χ1) is 12.1. The van der Waals surface area contributed by atoms with Crippen molar-refractivity contribution in [1.29, 1.82) is 0 Å². The fourth-order valence-electron chi connectivity index (χ4n) is 2.54. The van der Waals surface area contributed by atoms with Crippen LogP contribution in [0.15, 0.2) is 42.5 Å². The van der Waals surface area contributed by atoms with Crippen molar-refractivity contribution < 1.29 is 14.3 Å². The van der Waals surface area contributed by atoms with Gasteiger partial charge in [0.2, 0.25) is 6.79 Å². The predicted molar refractivity (Wildman–Crippen MR) is 98.6 cm³/mol. The Bertz CT molecular complexity index is 729. The van der Waals surface area contributed by atoms with Gasteiger partial charge in [-0.15, -0.1) is 0 Å². The SMILES string of the molecule is CN(C)CCCNc1ccc(NC(=O)c2ccc3c(c2)OCO3)cc1. The molecule has 0 saturated carbocycles. The third kappa shape index (κ3) is 4.64. The summed E-state index contributed by atoms with van der Waals surface area (Å²) < 4.78 is 10.6. The summed E-state index contributed by atoms with van der Waals surface area (Å²) in [6.07, 6.45) is 1.08. The molecule has 0 saturated heterocycles. The maximum absolute atomic E-state index is 12.3. The second-order valence-corrected chi connectivity index (χ2v) is 6.18. The lowest BCUT2D eigenvalue weighted by atomic mass is 10.2. The molecule has 0 unspecified atom stereocenters. The Kier molecular flexibility index (Phi) is 5.40. The van der Waals surface area contributed by atoms with E-state index in [0.717, 1.165) is 30.9 Å². The van der Waals surface area contributed by atoms with Crippen LogP contribution in [0.2, 0.25) is 0 Å². The summed E-state index contributed by atoms with van der Waals surface area (Å²) in [5, 5.41) is 6.26. The summed E-state index contributed by atoms with van der Waals surface area (Å²) in [5.41, 5.74) is 2.33. The number of fused-ring (bicyclic) bond motifs is 1. The monoisotopic (exact) mass is 341 g/mol. The van der Waals surface area contributed by atoms with Crippen LogP contribution in [0.4, 0.5) is 11.4 Å². The number of amides is 1. The van der Waals surface area contributed by atoms with Gasteiger partial charge in [0.05, 0.1) is 0 Å². The fourth-order valence-corrected chi connectivity index (χ4v) is 2.54. The second-order valence-electron chi connectivity index (χ2n) is 6.18. The second kappa shape index (κ2) is 7.90. The molecule has 0 spiro atoms. The van der Waals surface area contributed by atoms with E-state index in [2.05, 4.69) is 29.6 Å². The zero-order valence-electron chi connectivity index (χ0n) is 14.5. The highest BCUT2D eigenvalue weighted by Gasteiger charge is 2.16. The van der Waals surface area contributed by atoms with Gasteiger partial charge >= 0.3 is 0 Å². The van der Waals surface area contributed by atoms with Crippen LogP contribution in [0.3, 0.4) is 0 Å². The summed E-state index contributed by atoms with van der Waals surface area (Å²) in [6.45, 7) is 2.17. The van der Waals surface area contributed by atoms with E-state index >= 15 is 0 Å². The number of carbonyl (C=O) groups is 1. The van der Waals surface area contributed by atoms with Crippen molar-refractivity contribution in [1.82, 2.24) is 4.90 Å². The predicted octanol–water partition coefficient (Wildman–Crippen LogP) is 3.03. The molecule has 1 aliphatic rings. The number of ether oxygens (including phenoxy) is 2. The minimum Gasteiger partial charge on any atom is -0.454 e. The average Bonchev–Trinajstić information content (AvgIpc) is 3.07. The van der Waals surface area contributed by atoms with Crippen LogP contribution >= 0.6 is 0 Å². The molecular weight excluding hydrogens is 318 g/mol. The molecule has 6 heteroatoms. The van der Waals surface area contributed by atoms with E-state index in [1.54, 1.807) is 18.2 Å². The van der Waals surface area contributed by atoms with Gasteiger partial charge in [-0.3, -0.25) is 4.79 Å². The molecular formula is C19H23N3O3. The number of benzene rings is 2. The zero-order valence-corrected chi connectivity index (χ0v) is 14.5. The van der Waals surface area contributed by atoms with Gasteiger partial charge in [-0.2, -0.15) is 0 Å². The summed E-state index contributed by atoms with van der Waals surface area (Å²) >= 11 is 0. The van der Waals surface area contributed by atoms with Gasteiger partial charge in [-0.1, -0.05) is 0 Å². The molecule has 0 fully saturated rings. The quantitative estimate of drug-likeness (QED) is 0.758. The Morgan fingerprint density at radius 3 is 2.52 bits per heavy atom. The van der Waals surface area contributed by atoms with Crippen LogP contribution in [-0.2, 0) is 0 Å². The van der Waals surface area contributed by atoms with Crippen molar-refractivity contribution >= 4 is 17.3 Å². The third-order valence-corrected chi connectivity index (χ3v) is 3.89. The molecule has 25 heavy (non-hydrogen) atoms. The maximum Gasteiger partial charge on any atom is 0.255 e. The highest BCUT2D eigenvalue weighted by molar-refractivity contribution is 6.04. The molecule has 1 amide bonds. The number of rotatable bonds is 7. The van der Waals surface area contributed by atoms with Gasteiger partial charge in [0.1, 0.15) is 0 Å². The topological polar surface area (TPSA) is 62.8 Å². The molecule has 0 aliphatic carbocycles. The van der Waals surface area contributed by atoms with Crippen molar-refractivity contribution in [3.8, 4) is 11.5 Å². The Labute approximate surface area is 147 Å². The summed E-state index contributed by atoms with van der Waals surface area (Å²) in [4.78, 5) is 14.5. The summed E-state index contributed by atoms with van der Waals surface area (Å²) in [7, 11) is 4.13. The molecule has 2 aromatic rings. The van der Waals surface area contributed by atoms with Crippen LogP contribution < -0.4 is 20.1 Å². The minimum absolute atomic E-state index is 0.176. The van der Waals surface area contributed by atoms with E-state index in [9.17, 15) is 4.79 Å². The van der Waals surface area contributed by atoms with E-state index < -0.39 is 0 Å². The molecule has 132 valence electrons. The number of hydrogen-bond acceptors (Lipinski definition) is 5. The molecule has 0 atom stereocenters. The van der Waals surface area contributed by atoms with Crippen molar-refractivity contribution in [2.24, 2.45) is 0 Å². The van der Waals surface area contributed by atoms with Crippen molar-refractivity contribution in [2.75, 3.05) is 44.6 Å². The average molecular weight is 341 g/mol. The largest absolute Gasteiger partial charge is 0.454 e. The van der Waals surface area contributed by atoms with Crippen molar-refractivity contribution in [3.05, 3.63) is 48.0 Å². The van der Waals surface area contributed by atoms with Gasteiger partial charge in [-0.25, -0.2) is 0 Å². The van der Waals surface area contributed by atoms with Gasteiger partial charge in [0, 0.05) is 23.5 Å². The lowest BCUT2D eigenvalue weighted by Crippen LogP contribution is -2.16. The smallest absolute Gasteiger partial charge is 0.255 e. The Hall–Kier alpha value is -2.73. The first-order valence-electron chi connectivity index (χ1n) is 8.31. The Morgan fingerprint density at radius 1 is 1.04 bits per heavy atom. The van der Waals surface area contributed by atoms with Crippen LogP contribution in [-0.4, -0.2) is 44.8 Å². The van der Waals surface area contributed by atoms with E-state index in [-0.39, 0.29) is 12.7 Å². The van der Waals surface area contributed by atoms with Gasteiger partial charge in [0.15, 0.2) is 11.5 Å². The normalized spacial score (nSPS) is 12.3. The maximum atomic E-state index is 12.3. The molecule has 2 N–H and O–H groups in total. The molecule has 0 bridgehead atoms. The van der Waals surface area contributed by atoms with Crippen LogP contribution in [0, 0.1) is 0 Å². The molecule has 1 aliphatic heterocycles. The molecule has 0 aromatic heterocycles. The van der Waals surface area contributed by atoms with Gasteiger partial charge in [0.25, 0.3) is 5.91 Å². The Balaban J connectivity index is 1.53. The molecule has 1 heterocycles. The van der Waals surface area contributed by atoms with Crippen LogP contribution in [0.1, 0.15) is 16.8 Å². The first kappa shape index (κ1) is 17.1. The van der Waals surface area contributed by atoms with Crippen LogP contribution in [0.5, 0.6) is 11.5 Å². The number of carbonyl (C=O) groups excluding carboxylic acids is 1. The minimum atomic E-state index is -0.176. The standard InChI is InChI=1S/C19H23N3O3/c1-22(2)11-3-10-20-15-5-7-16(8-6-15)21-19(23)14-4-9-17-18(12-14)25-13-24-17/h4-9,12,20H,3,10-11,13H2,1-2H3,(H,21,23). The molecule has 0 radical (unpaired) electrons. The first-order valence-corrected chi connectivity index (χ1v) is 8.31. The lowest BCUT2D eigenvalue weighted by molar-refractivity contribution is 0.102. The summed E-state index contributed by atoms with van der Waals surface area (Å²) in [6, 6.07) is 12.9. The van der Waals surface area contributed by atoms with Gasteiger partial charge in [-0.05, 0) is 69.5 Å². The lowest BCUT2D eigenvalue weighted by Gasteiger charge is -2.11. The number of nitrogens with zero attached hydrogens (tertiary/aromatic N) is 1. The van der Waals surface area contributed by atoms with Crippen molar-refractivity contribution in [2.45, 2.75) is 6.42 Å². The van der Waals surface area contributed by atoms with E-state index in [0.29, 0.717) is 17.1 Å².